The Morgan fingerprint density at radius 2 is 2.09 bits per heavy atom. The molecule has 0 saturated heterocycles. The topological polar surface area (TPSA) is 46.5 Å². The standard InChI is InChI=1S/C20H32O3/c1-7-14(4)18(21)23-17-9-11-20(6,22)16-12-15(13(2)3)8-10-19(16,17)5/h7-8,13,16-17,22H,9-12H2,1-6H3/b14-7+/t16-,17-,19-,20+/m1/s1. The van der Waals surface area contributed by atoms with E-state index in [9.17, 15) is 9.90 Å². The Balaban J connectivity index is 2.29. The van der Waals surface area contributed by atoms with Crippen LogP contribution >= 0.6 is 0 Å². The third kappa shape index (κ3) is 3.40. The van der Waals surface area contributed by atoms with Crippen molar-refractivity contribution in [3.8, 4) is 0 Å². The second kappa shape index (κ2) is 6.43. The van der Waals surface area contributed by atoms with Crippen LogP contribution < -0.4 is 0 Å². The van der Waals surface area contributed by atoms with Crippen molar-refractivity contribution < 1.29 is 14.6 Å². The molecule has 0 spiro atoms. The molecule has 2 aliphatic rings. The van der Waals surface area contributed by atoms with Gasteiger partial charge in [0.25, 0.3) is 0 Å². The van der Waals surface area contributed by atoms with Gasteiger partial charge in [-0.1, -0.05) is 38.5 Å². The number of hydrogen-bond acceptors (Lipinski definition) is 3. The molecule has 0 aromatic heterocycles. The molecular formula is C20H32O3. The van der Waals surface area contributed by atoms with Crippen LogP contribution in [0.3, 0.4) is 0 Å². The van der Waals surface area contributed by atoms with Crippen LogP contribution in [0.15, 0.2) is 23.3 Å². The quantitative estimate of drug-likeness (QED) is 0.476. The van der Waals surface area contributed by atoms with Crippen LogP contribution in [-0.4, -0.2) is 22.8 Å². The molecule has 0 bridgehead atoms. The van der Waals surface area contributed by atoms with Gasteiger partial charge < -0.3 is 9.84 Å². The maximum absolute atomic E-state index is 12.2. The number of hydrogen-bond donors (Lipinski definition) is 1. The van der Waals surface area contributed by atoms with Gasteiger partial charge in [0.2, 0.25) is 0 Å². The van der Waals surface area contributed by atoms with Crippen molar-refractivity contribution in [1.82, 2.24) is 0 Å². The molecule has 0 aromatic rings. The number of carbonyl (C=O) groups excluding carboxylic acids is 1. The number of rotatable bonds is 3. The summed E-state index contributed by atoms with van der Waals surface area (Å²) < 4.78 is 5.86. The number of aliphatic hydroxyl groups is 1. The molecule has 0 aliphatic heterocycles. The van der Waals surface area contributed by atoms with E-state index in [1.807, 2.05) is 13.8 Å². The van der Waals surface area contributed by atoms with Gasteiger partial charge in [0.15, 0.2) is 0 Å². The monoisotopic (exact) mass is 320 g/mol. The maximum atomic E-state index is 12.2. The molecule has 0 unspecified atom stereocenters. The second-order valence-corrected chi connectivity index (χ2v) is 8.16. The SMILES string of the molecule is C/C=C(\C)C(=O)O[C@@H]1CC[C@](C)(O)[C@@H]2CC(C(C)C)=CC[C@]21C. The van der Waals surface area contributed by atoms with E-state index >= 15 is 0 Å². The van der Waals surface area contributed by atoms with E-state index in [-0.39, 0.29) is 23.4 Å². The highest BCUT2D eigenvalue weighted by Gasteiger charge is 2.55. The lowest BCUT2D eigenvalue weighted by Crippen LogP contribution is -2.57. The lowest BCUT2D eigenvalue weighted by atomic mass is 9.54. The first kappa shape index (κ1) is 18.3. The van der Waals surface area contributed by atoms with Gasteiger partial charge in [0, 0.05) is 16.9 Å². The van der Waals surface area contributed by atoms with Gasteiger partial charge >= 0.3 is 5.97 Å². The molecule has 23 heavy (non-hydrogen) atoms. The summed E-state index contributed by atoms with van der Waals surface area (Å²) in [6, 6.07) is 0. The van der Waals surface area contributed by atoms with Crippen molar-refractivity contribution in [1.29, 1.82) is 0 Å². The maximum Gasteiger partial charge on any atom is 0.333 e. The molecule has 0 heterocycles. The molecule has 130 valence electrons. The number of ether oxygens (including phenoxy) is 1. The highest BCUT2D eigenvalue weighted by Crippen LogP contribution is 2.55. The fraction of sp³-hybridized carbons (Fsp3) is 0.750. The summed E-state index contributed by atoms with van der Waals surface area (Å²) in [5.41, 5.74) is 1.19. The first-order valence-corrected chi connectivity index (χ1v) is 8.87. The zero-order chi connectivity index (χ0) is 17.4. The van der Waals surface area contributed by atoms with Crippen molar-refractivity contribution in [3.05, 3.63) is 23.3 Å². The number of carbonyl (C=O) groups is 1. The van der Waals surface area contributed by atoms with Crippen LogP contribution in [0.2, 0.25) is 0 Å². The van der Waals surface area contributed by atoms with E-state index in [4.69, 9.17) is 4.74 Å². The van der Waals surface area contributed by atoms with Gasteiger partial charge in [-0.25, -0.2) is 4.79 Å². The predicted octanol–water partition coefficient (Wildman–Crippen LogP) is 4.41. The zero-order valence-electron chi connectivity index (χ0n) is 15.5. The van der Waals surface area contributed by atoms with Gasteiger partial charge in [0.05, 0.1) is 5.60 Å². The molecule has 1 N–H and O–H groups in total. The van der Waals surface area contributed by atoms with Crippen molar-refractivity contribution in [2.75, 3.05) is 0 Å². The van der Waals surface area contributed by atoms with Gasteiger partial charge in [-0.05, 0) is 52.4 Å². The van der Waals surface area contributed by atoms with Crippen LogP contribution in [0.1, 0.15) is 67.2 Å². The van der Waals surface area contributed by atoms with E-state index in [2.05, 4.69) is 26.8 Å². The van der Waals surface area contributed by atoms with Crippen LogP contribution in [0.25, 0.3) is 0 Å². The van der Waals surface area contributed by atoms with Crippen molar-refractivity contribution >= 4 is 5.97 Å². The first-order valence-electron chi connectivity index (χ1n) is 8.87. The minimum Gasteiger partial charge on any atom is -0.458 e. The molecular weight excluding hydrogens is 288 g/mol. The van der Waals surface area contributed by atoms with E-state index in [1.165, 1.54) is 5.57 Å². The molecule has 0 radical (unpaired) electrons. The number of allylic oxidation sites excluding steroid dienone is 3. The zero-order valence-corrected chi connectivity index (χ0v) is 15.5. The Morgan fingerprint density at radius 1 is 1.43 bits per heavy atom. The summed E-state index contributed by atoms with van der Waals surface area (Å²) >= 11 is 0. The third-order valence-electron chi connectivity index (χ3n) is 6.18. The Kier molecular flexibility index (Phi) is 5.10. The van der Waals surface area contributed by atoms with Crippen LogP contribution in [0.4, 0.5) is 0 Å². The van der Waals surface area contributed by atoms with Crippen molar-refractivity contribution in [2.24, 2.45) is 17.3 Å². The van der Waals surface area contributed by atoms with Crippen LogP contribution in [0.5, 0.6) is 0 Å². The molecule has 2 aliphatic carbocycles. The Hall–Kier alpha value is -1.09. The molecule has 2 rings (SSSR count). The highest BCUT2D eigenvalue weighted by molar-refractivity contribution is 5.87. The number of esters is 1. The lowest BCUT2D eigenvalue weighted by molar-refractivity contribution is -0.182. The summed E-state index contributed by atoms with van der Waals surface area (Å²) in [5.74, 6) is 0.413. The third-order valence-corrected chi connectivity index (χ3v) is 6.18. The summed E-state index contributed by atoms with van der Waals surface area (Å²) in [4.78, 5) is 12.2. The van der Waals surface area contributed by atoms with E-state index in [1.54, 1.807) is 13.0 Å². The summed E-state index contributed by atoms with van der Waals surface area (Å²) in [6.07, 6.45) is 7.16. The summed E-state index contributed by atoms with van der Waals surface area (Å²) in [5, 5.41) is 11.0. The molecule has 0 aromatic carbocycles. The highest BCUT2D eigenvalue weighted by atomic mass is 16.5. The van der Waals surface area contributed by atoms with E-state index < -0.39 is 5.60 Å². The van der Waals surface area contributed by atoms with Gasteiger partial charge in [-0.2, -0.15) is 0 Å². The summed E-state index contributed by atoms with van der Waals surface area (Å²) in [7, 11) is 0. The average molecular weight is 320 g/mol. The molecule has 0 amide bonds. The Labute approximate surface area is 140 Å². The average Bonchev–Trinajstić information content (AvgIpc) is 2.49. The summed E-state index contributed by atoms with van der Waals surface area (Å²) in [6.45, 7) is 12.2. The van der Waals surface area contributed by atoms with Crippen molar-refractivity contribution in [3.63, 3.8) is 0 Å². The van der Waals surface area contributed by atoms with Crippen LogP contribution in [-0.2, 0) is 9.53 Å². The minimum atomic E-state index is -0.693. The van der Waals surface area contributed by atoms with Crippen molar-refractivity contribution in [2.45, 2.75) is 78.9 Å². The normalized spacial score (nSPS) is 38.1. The second-order valence-electron chi connectivity index (χ2n) is 8.16. The van der Waals surface area contributed by atoms with Gasteiger partial charge in [-0.3, -0.25) is 0 Å². The molecule has 3 nitrogen and oxygen atoms in total. The smallest absolute Gasteiger partial charge is 0.333 e. The predicted molar refractivity (Wildman–Crippen MR) is 92.9 cm³/mol. The lowest BCUT2D eigenvalue weighted by Gasteiger charge is -2.55. The largest absolute Gasteiger partial charge is 0.458 e. The Morgan fingerprint density at radius 3 is 2.65 bits per heavy atom. The fourth-order valence-corrected chi connectivity index (χ4v) is 4.26. The van der Waals surface area contributed by atoms with E-state index in [0.717, 1.165) is 19.3 Å². The fourth-order valence-electron chi connectivity index (χ4n) is 4.26. The van der Waals surface area contributed by atoms with Crippen LogP contribution in [0, 0.1) is 17.3 Å². The van der Waals surface area contributed by atoms with Gasteiger partial charge in [0.1, 0.15) is 6.10 Å². The molecule has 1 fully saturated rings. The number of fused-ring (bicyclic) bond motifs is 1. The Bertz CT molecular complexity index is 527. The molecule has 4 atom stereocenters. The van der Waals surface area contributed by atoms with E-state index in [0.29, 0.717) is 17.9 Å². The molecule has 3 heteroatoms. The van der Waals surface area contributed by atoms with Gasteiger partial charge in [-0.15, -0.1) is 0 Å². The first-order chi connectivity index (χ1) is 10.6. The minimum absolute atomic E-state index is 0.125. The molecule has 1 saturated carbocycles.